The average molecular weight is 383 g/mol. The second kappa shape index (κ2) is 8.82. The Hall–Kier alpha value is -2.60. The number of fused-ring (bicyclic) bond motifs is 1. The highest BCUT2D eigenvalue weighted by atomic mass is 14.2. The van der Waals surface area contributed by atoms with Gasteiger partial charge in [0.2, 0.25) is 0 Å². The van der Waals surface area contributed by atoms with E-state index in [1.807, 2.05) is 0 Å². The van der Waals surface area contributed by atoms with Crippen LogP contribution in [0.15, 0.2) is 78.9 Å². The van der Waals surface area contributed by atoms with Gasteiger partial charge in [0.05, 0.1) is 0 Å². The van der Waals surface area contributed by atoms with Crippen molar-refractivity contribution in [3.63, 3.8) is 0 Å². The van der Waals surface area contributed by atoms with E-state index in [4.69, 9.17) is 0 Å². The summed E-state index contributed by atoms with van der Waals surface area (Å²) in [5.41, 5.74) is 6.97. The number of hydrogen-bond donors (Lipinski definition) is 0. The average Bonchev–Trinajstić information content (AvgIpc) is 2.69. The molecule has 0 heterocycles. The van der Waals surface area contributed by atoms with Gasteiger partial charge in [0.15, 0.2) is 0 Å². The van der Waals surface area contributed by atoms with Crippen molar-refractivity contribution in [2.75, 3.05) is 0 Å². The second-order valence-corrected chi connectivity index (χ2v) is 9.23. The van der Waals surface area contributed by atoms with Crippen LogP contribution in [0.3, 0.4) is 0 Å². The van der Waals surface area contributed by atoms with Gasteiger partial charge in [0.1, 0.15) is 0 Å². The molecule has 29 heavy (non-hydrogen) atoms. The van der Waals surface area contributed by atoms with Crippen molar-refractivity contribution < 1.29 is 0 Å². The minimum absolute atomic E-state index is 0.130. The van der Waals surface area contributed by atoms with Crippen molar-refractivity contribution >= 4 is 10.8 Å². The molecule has 0 fully saturated rings. The third-order valence-electron chi connectivity index (χ3n) is 5.75. The van der Waals surface area contributed by atoms with Gasteiger partial charge in [-0.1, -0.05) is 101 Å². The van der Waals surface area contributed by atoms with E-state index in [-0.39, 0.29) is 5.41 Å². The zero-order valence-electron chi connectivity index (χ0n) is 18.8. The lowest BCUT2D eigenvalue weighted by Crippen LogP contribution is -2.12. The maximum Gasteiger partial charge on any atom is -0.0125 e. The first kappa shape index (κ1) is 21.1. The molecule has 4 rings (SSSR count). The number of rotatable bonds is 1. The third kappa shape index (κ3) is 4.88. The molecule has 0 spiro atoms. The van der Waals surface area contributed by atoms with Crippen LogP contribution in [0, 0.1) is 19.8 Å². The first-order valence-electron chi connectivity index (χ1n) is 10.7. The lowest BCUT2D eigenvalue weighted by Gasteiger charge is -2.24. The Bertz CT molecular complexity index is 1040. The van der Waals surface area contributed by atoms with Crippen LogP contribution in [0.2, 0.25) is 0 Å². The molecule has 3 aromatic carbocycles. The number of hydrogen-bond acceptors (Lipinski definition) is 0. The zero-order valence-corrected chi connectivity index (χ0v) is 18.8. The molecule has 0 aliphatic heterocycles. The van der Waals surface area contributed by atoms with E-state index in [1.54, 1.807) is 0 Å². The van der Waals surface area contributed by atoms with Crippen molar-refractivity contribution in [1.82, 2.24) is 0 Å². The third-order valence-corrected chi connectivity index (χ3v) is 5.75. The predicted molar refractivity (Wildman–Crippen MR) is 130 cm³/mol. The van der Waals surface area contributed by atoms with Gasteiger partial charge in [0.25, 0.3) is 0 Å². The highest BCUT2D eigenvalue weighted by molar-refractivity contribution is 5.95. The molecule has 0 aromatic heterocycles. The fourth-order valence-corrected chi connectivity index (χ4v) is 4.00. The summed E-state index contributed by atoms with van der Waals surface area (Å²) in [7, 11) is 0. The number of allylic oxidation sites excluding steroid dienone is 4. The summed E-state index contributed by atoms with van der Waals surface area (Å²) in [5.74, 6) is 0.769. The molecule has 1 aliphatic carbocycles. The molecule has 0 heteroatoms. The summed E-state index contributed by atoms with van der Waals surface area (Å²) in [4.78, 5) is 0. The topological polar surface area (TPSA) is 0 Å². The van der Waals surface area contributed by atoms with Crippen molar-refractivity contribution in [3.8, 4) is 11.1 Å². The molecule has 0 radical (unpaired) electrons. The van der Waals surface area contributed by atoms with Crippen molar-refractivity contribution in [2.45, 2.75) is 53.4 Å². The van der Waals surface area contributed by atoms with Crippen LogP contribution in [0.25, 0.3) is 21.9 Å². The summed E-state index contributed by atoms with van der Waals surface area (Å²) in [6.07, 6.45) is 9.84. The van der Waals surface area contributed by atoms with E-state index in [0.717, 1.165) is 5.92 Å². The van der Waals surface area contributed by atoms with Crippen LogP contribution < -0.4 is 0 Å². The molecule has 1 aliphatic rings. The van der Waals surface area contributed by atoms with Crippen LogP contribution in [-0.2, 0) is 5.41 Å². The number of benzene rings is 3. The quantitative estimate of drug-likeness (QED) is 0.395. The maximum atomic E-state index is 2.40. The Morgan fingerprint density at radius 3 is 2.00 bits per heavy atom. The van der Waals surface area contributed by atoms with E-state index in [2.05, 4.69) is 120 Å². The Labute approximate surface area is 177 Å². The molecular weight excluding hydrogens is 348 g/mol. The summed E-state index contributed by atoms with van der Waals surface area (Å²) in [6.45, 7) is 13.6. The lowest BCUT2D eigenvalue weighted by atomic mass is 9.80. The summed E-state index contributed by atoms with van der Waals surface area (Å²) >= 11 is 0. The Kier molecular flexibility index (Phi) is 6.42. The first-order valence-corrected chi connectivity index (χ1v) is 10.7. The van der Waals surface area contributed by atoms with Gasteiger partial charge < -0.3 is 0 Å². The molecule has 0 nitrogen and oxygen atoms in total. The zero-order chi connectivity index (χ0) is 21.0. The van der Waals surface area contributed by atoms with Crippen LogP contribution >= 0.6 is 0 Å². The van der Waals surface area contributed by atoms with Gasteiger partial charge in [-0.05, 0) is 76.3 Å². The Balaban J connectivity index is 0.000000290. The molecule has 150 valence electrons. The van der Waals surface area contributed by atoms with Gasteiger partial charge in [0, 0.05) is 0 Å². The summed E-state index contributed by atoms with van der Waals surface area (Å²) in [5, 5.41) is 2.75. The van der Waals surface area contributed by atoms with Crippen LogP contribution in [0.1, 0.15) is 50.8 Å². The molecule has 0 amide bonds. The first-order chi connectivity index (χ1) is 13.8. The fourth-order valence-electron chi connectivity index (χ4n) is 4.00. The van der Waals surface area contributed by atoms with Gasteiger partial charge in [-0.2, -0.15) is 0 Å². The smallest absolute Gasteiger partial charge is 0.0125 e. The van der Waals surface area contributed by atoms with Crippen LogP contribution in [-0.4, -0.2) is 0 Å². The highest BCUT2D eigenvalue weighted by Crippen LogP contribution is 2.38. The van der Waals surface area contributed by atoms with Crippen molar-refractivity contribution in [1.29, 1.82) is 0 Å². The summed E-state index contributed by atoms with van der Waals surface area (Å²) < 4.78 is 0. The Morgan fingerprint density at radius 1 is 0.793 bits per heavy atom. The molecule has 3 aromatic rings. The molecule has 0 saturated carbocycles. The van der Waals surface area contributed by atoms with E-state index >= 15 is 0 Å². The van der Waals surface area contributed by atoms with Gasteiger partial charge in [-0.3, -0.25) is 0 Å². The minimum Gasteiger partial charge on any atom is -0.0840 e. The maximum absolute atomic E-state index is 2.40. The SMILES string of the molecule is CC1C=CC=CC1.Cc1ccccc1-c1cc(C(C)(C)C)c2ccccc2c1C. The standard InChI is InChI=1S/C22H24.C7H10/c1-15-10-6-7-11-17(15)20-14-21(22(3,4)5)19-13-9-8-12-18(19)16(20)2;1-7-5-3-2-4-6-7/h6-14H,1-5H3;2-5,7H,6H2,1H3. The number of aryl methyl sites for hydroxylation is 2. The molecule has 0 saturated heterocycles. The second-order valence-electron chi connectivity index (χ2n) is 9.23. The largest absolute Gasteiger partial charge is 0.0840 e. The predicted octanol–water partition coefficient (Wildman–Crippen LogP) is 8.56. The fraction of sp³-hybridized carbons (Fsp3) is 0.310. The normalized spacial score (nSPS) is 15.9. The van der Waals surface area contributed by atoms with Gasteiger partial charge >= 0.3 is 0 Å². The van der Waals surface area contributed by atoms with E-state index in [9.17, 15) is 0 Å². The molecule has 0 bridgehead atoms. The highest BCUT2D eigenvalue weighted by Gasteiger charge is 2.20. The summed E-state index contributed by atoms with van der Waals surface area (Å²) in [6, 6.07) is 19.9. The van der Waals surface area contributed by atoms with Gasteiger partial charge in [-0.15, -0.1) is 0 Å². The van der Waals surface area contributed by atoms with E-state index < -0.39 is 0 Å². The van der Waals surface area contributed by atoms with Crippen LogP contribution in [0.5, 0.6) is 0 Å². The lowest BCUT2D eigenvalue weighted by molar-refractivity contribution is 0.596. The molecular formula is C29H34. The van der Waals surface area contributed by atoms with Crippen molar-refractivity contribution in [2.24, 2.45) is 5.92 Å². The molecule has 1 atom stereocenters. The monoisotopic (exact) mass is 382 g/mol. The van der Waals surface area contributed by atoms with E-state index in [0.29, 0.717) is 0 Å². The molecule has 0 N–H and O–H groups in total. The van der Waals surface area contributed by atoms with E-state index in [1.165, 1.54) is 45.0 Å². The van der Waals surface area contributed by atoms with Crippen LogP contribution in [0.4, 0.5) is 0 Å². The molecule has 1 unspecified atom stereocenters. The van der Waals surface area contributed by atoms with Gasteiger partial charge in [-0.25, -0.2) is 0 Å². The minimum atomic E-state index is 0.130. The Morgan fingerprint density at radius 2 is 1.45 bits per heavy atom. The van der Waals surface area contributed by atoms with Crippen molar-refractivity contribution in [3.05, 3.63) is 95.6 Å².